The molecule has 7 nitrogen and oxygen atoms in total. The lowest BCUT2D eigenvalue weighted by Gasteiger charge is -2.21. The molecule has 0 bridgehead atoms. The van der Waals surface area contributed by atoms with Crippen LogP contribution in [0.3, 0.4) is 0 Å². The van der Waals surface area contributed by atoms with Crippen molar-refractivity contribution in [2.24, 2.45) is 0 Å². The van der Waals surface area contributed by atoms with Gasteiger partial charge in [0.15, 0.2) is 16.7 Å². The second-order valence-electron chi connectivity index (χ2n) is 6.11. The van der Waals surface area contributed by atoms with Crippen molar-refractivity contribution in [1.29, 1.82) is 0 Å². The molecule has 1 saturated heterocycles. The van der Waals surface area contributed by atoms with Gasteiger partial charge < -0.3 is 13.8 Å². The number of hydrogen-bond donors (Lipinski definition) is 0. The van der Waals surface area contributed by atoms with E-state index in [0.717, 1.165) is 30.1 Å². The van der Waals surface area contributed by atoms with Crippen molar-refractivity contribution in [2.45, 2.75) is 36.7 Å². The standard InChI is InChI=1S/C18H18N4O3S/c1-12-10-16(25-21-12)14-4-2-9-22(14)17(23)15-6-5-13(24-15)11-26-18-19-7-3-8-20-18/h3,5-8,10,14H,2,4,9,11H2,1H3. The Balaban J connectivity index is 1.44. The highest BCUT2D eigenvalue weighted by Gasteiger charge is 2.34. The van der Waals surface area contributed by atoms with Crippen LogP contribution in [0.15, 0.2) is 50.8 Å². The molecule has 0 saturated carbocycles. The molecule has 26 heavy (non-hydrogen) atoms. The minimum atomic E-state index is -0.117. The van der Waals surface area contributed by atoms with Gasteiger partial charge in [0.2, 0.25) is 0 Å². The van der Waals surface area contributed by atoms with Gasteiger partial charge >= 0.3 is 0 Å². The maximum absolute atomic E-state index is 12.9. The summed E-state index contributed by atoms with van der Waals surface area (Å²) >= 11 is 1.47. The predicted molar refractivity (Wildman–Crippen MR) is 94.6 cm³/mol. The van der Waals surface area contributed by atoms with Crippen LogP contribution in [-0.4, -0.2) is 32.5 Å². The van der Waals surface area contributed by atoms with Crippen LogP contribution in [0, 0.1) is 6.92 Å². The number of aryl methyl sites for hydroxylation is 1. The zero-order valence-electron chi connectivity index (χ0n) is 14.3. The number of rotatable bonds is 5. The molecule has 3 aromatic rings. The van der Waals surface area contributed by atoms with Crippen molar-refractivity contribution in [3.05, 3.63) is 59.6 Å². The molecule has 4 heterocycles. The number of aromatic nitrogens is 3. The lowest BCUT2D eigenvalue weighted by molar-refractivity contribution is 0.0681. The van der Waals surface area contributed by atoms with Gasteiger partial charge in [-0.3, -0.25) is 4.79 Å². The summed E-state index contributed by atoms with van der Waals surface area (Å²) in [5.74, 6) is 2.25. The first kappa shape index (κ1) is 16.8. The van der Waals surface area contributed by atoms with E-state index in [4.69, 9.17) is 8.94 Å². The van der Waals surface area contributed by atoms with Crippen LogP contribution in [0.2, 0.25) is 0 Å². The molecule has 0 N–H and O–H groups in total. The lowest BCUT2D eigenvalue weighted by atomic mass is 10.1. The Morgan fingerprint density at radius 1 is 1.35 bits per heavy atom. The van der Waals surface area contributed by atoms with Crippen LogP contribution in [0.1, 0.15) is 46.7 Å². The average Bonchev–Trinajstić information content (AvgIpc) is 3.40. The van der Waals surface area contributed by atoms with E-state index in [-0.39, 0.29) is 11.9 Å². The summed E-state index contributed by atoms with van der Waals surface area (Å²) in [5.41, 5.74) is 0.819. The maximum atomic E-state index is 12.9. The fourth-order valence-corrected chi connectivity index (χ4v) is 3.75. The Labute approximate surface area is 154 Å². The topological polar surface area (TPSA) is 85.3 Å². The molecule has 134 valence electrons. The molecule has 1 fully saturated rings. The molecule has 1 aliphatic rings. The van der Waals surface area contributed by atoms with Crippen LogP contribution in [0.4, 0.5) is 0 Å². The Morgan fingerprint density at radius 2 is 2.19 bits per heavy atom. The smallest absolute Gasteiger partial charge is 0.290 e. The van der Waals surface area contributed by atoms with Gasteiger partial charge in [0.25, 0.3) is 5.91 Å². The minimum Gasteiger partial charge on any atom is -0.455 e. The number of furan rings is 1. The fourth-order valence-electron chi connectivity index (χ4n) is 3.05. The van der Waals surface area contributed by atoms with Crippen LogP contribution >= 0.6 is 11.8 Å². The molecule has 1 amide bonds. The third kappa shape index (κ3) is 3.50. The van der Waals surface area contributed by atoms with Crippen molar-refractivity contribution in [2.75, 3.05) is 6.54 Å². The van der Waals surface area contributed by atoms with Crippen molar-refractivity contribution < 1.29 is 13.7 Å². The molecule has 0 spiro atoms. The van der Waals surface area contributed by atoms with Gasteiger partial charge in [-0.05, 0) is 38.0 Å². The first-order valence-electron chi connectivity index (χ1n) is 8.43. The number of likely N-dealkylation sites (tertiary alicyclic amines) is 1. The summed E-state index contributed by atoms with van der Waals surface area (Å²) in [6.07, 6.45) is 5.20. The van der Waals surface area contributed by atoms with Crippen LogP contribution < -0.4 is 0 Å². The minimum absolute atomic E-state index is 0.0793. The van der Waals surface area contributed by atoms with Gasteiger partial charge in [-0.25, -0.2) is 9.97 Å². The van der Waals surface area contributed by atoms with Crippen LogP contribution in [0.25, 0.3) is 0 Å². The van der Waals surface area contributed by atoms with Gasteiger partial charge in [-0.1, -0.05) is 16.9 Å². The summed E-state index contributed by atoms with van der Waals surface area (Å²) in [6, 6.07) is 7.14. The summed E-state index contributed by atoms with van der Waals surface area (Å²) in [7, 11) is 0. The summed E-state index contributed by atoms with van der Waals surface area (Å²) in [4.78, 5) is 23.0. The fraction of sp³-hybridized carbons (Fsp3) is 0.333. The maximum Gasteiger partial charge on any atom is 0.290 e. The first-order valence-corrected chi connectivity index (χ1v) is 9.42. The van der Waals surface area contributed by atoms with Gasteiger partial charge in [-0.2, -0.15) is 0 Å². The monoisotopic (exact) mass is 370 g/mol. The molecule has 0 aliphatic carbocycles. The molecule has 8 heteroatoms. The van der Waals surface area contributed by atoms with Crippen molar-refractivity contribution in [3.63, 3.8) is 0 Å². The molecule has 0 aromatic carbocycles. The molecular formula is C18H18N4O3S. The van der Waals surface area contributed by atoms with Gasteiger partial charge in [0.1, 0.15) is 5.76 Å². The second kappa shape index (κ2) is 7.33. The highest BCUT2D eigenvalue weighted by molar-refractivity contribution is 7.98. The molecular weight excluding hydrogens is 352 g/mol. The summed E-state index contributed by atoms with van der Waals surface area (Å²) < 4.78 is 11.1. The third-order valence-corrected chi connectivity index (χ3v) is 5.14. The number of amides is 1. The van der Waals surface area contributed by atoms with E-state index in [1.54, 1.807) is 29.4 Å². The summed E-state index contributed by atoms with van der Waals surface area (Å²) in [6.45, 7) is 2.56. The normalized spacial score (nSPS) is 17.0. The molecule has 1 aliphatic heterocycles. The SMILES string of the molecule is Cc1cc(C2CCCN2C(=O)c2ccc(CSc3ncccn3)o2)on1. The van der Waals surface area contributed by atoms with Crippen molar-refractivity contribution in [1.82, 2.24) is 20.0 Å². The quantitative estimate of drug-likeness (QED) is 0.501. The van der Waals surface area contributed by atoms with Crippen molar-refractivity contribution >= 4 is 17.7 Å². The van der Waals surface area contributed by atoms with E-state index in [0.29, 0.717) is 23.2 Å². The van der Waals surface area contributed by atoms with E-state index in [1.807, 2.05) is 19.1 Å². The zero-order chi connectivity index (χ0) is 17.9. The second-order valence-corrected chi connectivity index (χ2v) is 7.06. The Bertz CT molecular complexity index is 893. The van der Waals surface area contributed by atoms with Crippen LogP contribution in [0.5, 0.6) is 0 Å². The zero-order valence-corrected chi connectivity index (χ0v) is 15.1. The molecule has 1 unspecified atom stereocenters. The lowest BCUT2D eigenvalue weighted by Crippen LogP contribution is -2.30. The van der Waals surface area contributed by atoms with Gasteiger partial charge in [0, 0.05) is 25.0 Å². The van der Waals surface area contributed by atoms with Crippen LogP contribution in [-0.2, 0) is 5.75 Å². The predicted octanol–water partition coefficient (Wildman–Crippen LogP) is 3.64. The number of nitrogens with zero attached hydrogens (tertiary/aromatic N) is 4. The largest absolute Gasteiger partial charge is 0.455 e. The van der Waals surface area contributed by atoms with E-state index in [1.165, 1.54) is 11.8 Å². The number of carbonyl (C=O) groups excluding carboxylic acids is 1. The average molecular weight is 370 g/mol. The number of hydrogen-bond acceptors (Lipinski definition) is 7. The first-order chi connectivity index (χ1) is 12.7. The molecule has 4 rings (SSSR count). The Hall–Kier alpha value is -2.61. The van der Waals surface area contributed by atoms with Crippen molar-refractivity contribution in [3.8, 4) is 0 Å². The van der Waals surface area contributed by atoms with E-state index in [2.05, 4.69) is 15.1 Å². The Morgan fingerprint density at radius 3 is 2.96 bits per heavy atom. The van der Waals surface area contributed by atoms with E-state index in [9.17, 15) is 4.79 Å². The highest BCUT2D eigenvalue weighted by Crippen LogP contribution is 2.34. The van der Waals surface area contributed by atoms with E-state index < -0.39 is 0 Å². The summed E-state index contributed by atoms with van der Waals surface area (Å²) in [5, 5.41) is 4.61. The molecule has 1 atom stereocenters. The van der Waals surface area contributed by atoms with Gasteiger partial charge in [0.05, 0.1) is 17.5 Å². The van der Waals surface area contributed by atoms with Gasteiger partial charge in [-0.15, -0.1) is 0 Å². The molecule has 0 radical (unpaired) electrons. The Kier molecular flexibility index (Phi) is 4.75. The third-order valence-electron chi connectivity index (χ3n) is 4.25. The number of thioether (sulfide) groups is 1. The highest BCUT2D eigenvalue weighted by atomic mass is 32.2. The molecule has 3 aromatic heterocycles. The van der Waals surface area contributed by atoms with E-state index >= 15 is 0 Å². The number of carbonyl (C=O) groups is 1.